The van der Waals surface area contributed by atoms with Crippen LogP contribution in [0.25, 0.3) is 0 Å². The fraction of sp³-hybridized carbons (Fsp3) is 0.467. The molecule has 0 saturated heterocycles. The summed E-state index contributed by atoms with van der Waals surface area (Å²) < 4.78 is 0. The van der Waals surface area contributed by atoms with Crippen molar-refractivity contribution in [1.82, 2.24) is 0 Å². The molecule has 18 heavy (non-hydrogen) atoms. The van der Waals surface area contributed by atoms with Crippen LogP contribution in [0.5, 0.6) is 5.75 Å². The number of benzene rings is 1. The van der Waals surface area contributed by atoms with E-state index in [1.54, 1.807) is 0 Å². The van der Waals surface area contributed by atoms with Gasteiger partial charge in [-0.05, 0) is 30.7 Å². The summed E-state index contributed by atoms with van der Waals surface area (Å²) in [5.74, 6) is -0.693. The van der Waals surface area contributed by atoms with Crippen molar-refractivity contribution >= 4 is 11.6 Å². The summed E-state index contributed by atoms with van der Waals surface area (Å²) in [5.41, 5.74) is 0.353. The van der Waals surface area contributed by atoms with Crippen molar-refractivity contribution in [2.75, 3.05) is 0 Å². The molecule has 98 valence electrons. The first-order chi connectivity index (χ1) is 8.65. The van der Waals surface area contributed by atoms with Crippen molar-refractivity contribution in [2.45, 2.75) is 45.4 Å². The molecule has 0 heterocycles. The molecule has 0 amide bonds. The minimum Gasteiger partial charge on any atom is -0.508 e. The van der Waals surface area contributed by atoms with E-state index >= 15 is 0 Å². The zero-order valence-electron chi connectivity index (χ0n) is 10.8. The summed E-state index contributed by atoms with van der Waals surface area (Å²) in [6.07, 6.45) is 5.58. The molecule has 1 aromatic rings. The molecule has 0 unspecified atom stereocenters. The van der Waals surface area contributed by atoms with Gasteiger partial charge in [0.1, 0.15) is 5.75 Å². The van der Waals surface area contributed by atoms with Crippen molar-refractivity contribution in [3.63, 3.8) is 0 Å². The topological polar surface area (TPSA) is 54.4 Å². The van der Waals surface area contributed by atoms with Crippen LogP contribution < -0.4 is 0 Å². The monoisotopic (exact) mass is 248 g/mol. The van der Waals surface area contributed by atoms with Gasteiger partial charge in [0.2, 0.25) is 11.6 Å². The Bertz CT molecular complexity index is 393. The maximum Gasteiger partial charge on any atom is 0.228 e. The summed E-state index contributed by atoms with van der Waals surface area (Å²) >= 11 is 0. The van der Waals surface area contributed by atoms with Gasteiger partial charge < -0.3 is 5.11 Å². The number of carbonyl (C=O) groups is 2. The number of hydrogen-bond acceptors (Lipinski definition) is 3. The van der Waals surface area contributed by atoms with Crippen molar-refractivity contribution in [3.8, 4) is 5.75 Å². The Labute approximate surface area is 108 Å². The van der Waals surface area contributed by atoms with Crippen molar-refractivity contribution in [2.24, 2.45) is 0 Å². The molecular formula is C15H20O3. The van der Waals surface area contributed by atoms with Crippen molar-refractivity contribution < 1.29 is 14.7 Å². The van der Waals surface area contributed by atoms with E-state index in [-0.39, 0.29) is 11.5 Å². The van der Waals surface area contributed by atoms with Gasteiger partial charge in [0, 0.05) is 12.0 Å². The first-order valence-electron chi connectivity index (χ1n) is 6.51. The third-order valence-corrected chi connectivity index (χ3v) is 2.89. The zero-order valence-corrected chi connectivity index (χ0v) is 10.8. The summed E-state index contributed by atoms with van der Waals surface area (Å²) in [4.78, 5) is 23.4. The highest BCUT2D eigenvalue weighted by molar-refractivity contribution is 6.43. The molecule has 0 atom stereocenters. The molecule has 0 aliphatic rings. The lowest BCUT2D eigenvalue weighted by molar-refractivity contribution is -0.115. The number of hydrogen-bond donors (Lipinski definition) is 1. The molecule has 0 spiro atoms. The molecule has 0 aliphatic carbocycles. The predicted molar refractivity (Wildman–Crippen MR) is 70.8 cm³/mol. The molecule has 0 fully saturated rings. The van der Waals surface area contributed by atoms with E-state index < -0.39 is 5.78 Å². The van der Waals surface area contributed by atoms with E-state index in [4.69, 9.17) is 5.11 Å². The molecule has 0 aliphatic heterocycles. The number of Topliss-reactive ketones (excluding diaryl/α,β-unsaturated/α-hetero) is 2. The number of phenols is 1. The van der Waals surface area contributed by atoms with Crippen LogP contribution in [0.1, 0.15) is 55.8 Å². The molecule has 1 rings (SSSR count). The van der Waals surface area contributed by atoms with Gasteiger partial charge in [-0.25, -0.2) is 0 Å². The van der Waals surface area contributed by atoms with Crippen LogP contribution >= 0.6 is 0 Å². The van der Waals surface area contributed by atoms with Gasteiger partial charge in [-0.2, -0.15) is 0 Å². The average molecular weight is 248 g/mol. The van der Waals surface area contributed by atoms with E-state index in [1.165, 1.54) is 37.1 Å². The van der Waals surface area contributed by atoms with Gasteiger partial charge in [-0.3, -0.25) is 9.59 Å². The average Bonchev–Trinajstić information content (AvgIpc) is 2.38. The first kappa shape index (κ1) is 14.4. The van der Waals surface area contributed by atoms with Crippen LogP contribution in [0.4, 0.5) is 0 Å². The molecule has 1 N–H and O–H groups in total. The van der Waals surface area contributed by atoms with E-state index in [9.17, 15) is 9.59 Å². The first-order valence-corrected chi connectivity index (χ1v) is 6.51. The van der Waals surface area contributed by atoms with Crippen LogP contribution in [0.3, 0.4) is 0 Å². The van der Waals surface area contributed by atoms with Gasteiger partial charge in [-0.15, -0.1) is 0 Å². The quantitative estimate of drug-likeness (QED) is 0.435. The lowest BCUT2D eigenvalue weighted by Gasteiger charge is -2.01. The highest BCUT2D eigenvalue weighted by Crippen LogP contribution is 2.12. The SMILES string of the molecule is CCCCCCCC(=O)C(=O)c1ccc(O)cc1. The summed E-state index contributed by atoms with van der Waals surface area (Å²) in [7, 11) is 0. The number of unbranched alkanes of at least 4 members (excludes halogenated alkanes) is 4. The highest BCUT2D eigenvalue weighted by atomic mass is 16.3. The van der Waals surface area contributed by atoms with Crippen LogP contribution in [0.2, 0.25) is 0 Å². The Morgan fingerprint density at radius 2 is 1.61 bits per heavy atom. The standard InChI is InChI=1S/C15H20O3/c1-2-3-4-5-6-7-14(17)15(18)12-8-10-13(16)11-9-12/h8-11,16H,2-7H2,1H3. The van der Waals surface area contributed by atoms with E-state index in [1.807, 2.05) is 0 Å². The van der Waals surface area contributed by atoms with Crippen LogP contribution in [-0.4, -0.2) is 16.7 Å². The van der Waals surface area contributed by atoms with E-state index in [2.05, 4.69) is 6.92 Å². The molecule has 3 heteroatoms. The number of carbonyl (C=O) groups excluding carboxylic acids is 2. The Morgan fingerprint density at radius 3 is 2.22 bits per heavy atom. The minimum atomic E-state index is -0.453. The zero-order chi connectivity index (χ0) is 13.4. The van der Waals surface area contributed by atoms with Crippen LogP contribution in [0.15, 0.2) is 24.3 Å². The Hall–Kier alpha value is -1.64. The second-order valence-corrected chi connectivity index (χ2v) is 4.46. The normalized spacial score (nSPS) is 10.3. The molecular weight excluding hydrogens is 228 g/mol. The second kappa shape index (κ2) is 7.64. The third kappa shape index (κ3) is 4.70. The Kier molecular flexibility index (Phi) is 6.12. The summed E-state index contributed by atoms with van der Waals surface area (Å²) in [6.45, 7) is 2.14. The number of ketones is 2. The minimum absolute atomic E-state index is 0.0959. The predicted octanol–water partition coefficient (Wildman–Crippen LogP) is 3.50. The molecule has 1 aromatic carbocycles. The van der Waals surface area contributed by atoms with E-state index in [0.717, 1.165) is 19.3 Å². The summed E-state index contributed by atoms with van der Waals surface area (Å²) in [5, 5.41) is 9.10. The second-order valence-electron chi connectivity index (χ2n) is 4.46. The number of phenolic OH excluding ortho intramolecular Hbond substituents is 1. The molecule has 0 aromatic heterocycles. The lowest BCUT2D eigenvalue weighted by Crippen LogP contribution is -2.13. The van der Waals surface area contributed by atoms with Crippen molar-refractivity contribution in [1.29, 1.82) is 0 Å². The Morgan fingerprint density at radius 1 is 1.00 bits per heavy atom. The highest BCUT2D eigenvalue weighted by Gasteiger charge is 2.15. The largest absolute Gasteiger partial charge is 0.508 e. The molecule has 3 nitrogen and oxygen atoms in total. The van der Waals surface area contributed by atoms with E-state index in [0.29, 0.717) is 12.0 Å². The fourth-order valence-corrected chi connectivity index (χ4v) is 1.78. The van der Waals surface area contributed by atoms with Gasteiger partial charge in [-0.1, -0.05) is 32.6 Å². The maximum absolute atomic E-state index is 11.7. The Balaban J connectivity index is 2.37. The van der Waals surface area contributed by atoms with Gasteiger partial charge >= 0.3 is 0 Å². The number of rotatable bonds is 8. The van der Waals surface area contributed by atoms with Gasteiger partial charge in [0.25, 0.3) is 0 Å². The van der Waals surface area contributed by atoms with Crippen molar-refractivity contribution in [3.05, 3.63) is 29.8 Å². The third-order valence-electron chi connectivity index (χ3n) is 2.89. The van der Waals surface area contributed by atoms with Gasteiger partial charge in [0.05, 0.1) is 0 Å². The van der Waals surface area contributed by atoms with Crippen LogP contribution in [0, 0.1) is 0 Å². The molecule has 0 saturated carbocycles. The maximum atomic E-state index is 11.7. The lowest BCUT2D eigenvalue weighted by atomic mass is 10.0. The smallest absolute Gasteiger partial charge is 0.228 e. The van der Waals surface area contributed by atoms with Crippen LogP contribution in [-0.2, 0) is 4.79 Å². The number of aromatic hydroxyl groups is 1. The summed E-state index contributed by atoms with van der Waals surface area (Å²) in [6, 6.07) is 5.79. The molecule has 0 bridgehead atoms. The molecule has 0 radical (unpaired) electrons. The fourth-order valence-electron chi connectivity index (χ4n) is 1.78. The van der Waals surface area contributed by atoms with Gasteiger partial charge in [0.15, 0.2) is 0 Å².